The van der Waals surface area contributed by atoms with Crippen molar-refractivity contribution in [3.63, 3.8) is 0 Å². The van der Waals surface area contributed by atoms with E-state index in [0.29, 0.717) is 13.2 Å². The molecule has 6 heteroatoms. The van der Waals surface area contributed by atoms with Crippen molar-refractivity contribution in [2.45, 2.75) is 19.8 Å². The van der Waals surface area contributed by atoms with Crippen LogP contribution in [0.15, 0.2) is 24.3 Å². The molecule has 122 valence electrons. The fourth-order valence-corrected chi connectivity index (χ4v) is 1.62. The first kappa shape index (κ1) is 18.1. The summed E-state index contributed by atoms with van der Waals surface area (Å²) in [6, 6.07) is 5.72. The van der Waals surface area contributed by atoms with Crippen LogP contribution >= 0.6 is 0 Å². The zero-order chi connectivity index (χ0) is 16.2. The van der Waals surface area contributed by atoms with Crippen LogP contribution in [-0.2, 0) is 14.2 Å². The molecule has 0 unspecified atom stereocenters. The van der Waals surface area contributed by atoms with Gasteiger partial charge in [0.1, 0.15) is 6.61 Å². The highest BCUT2D eigenvalue weighted by atomic mass is 16.6. The first-order chi connectivity index (χ1) is 10.6. The Morgan fingerprint density at radius 2 is 1.64 bits per heavy atom. The molecule has 0 saturated heterocycles. The molecule has 1 N–H and O–H groups in total. The smallest absolute Gasteiger partial charge is 0.338 e. The van der Waals surface area contributed by atoms with Gasteiger partial charge in [0.2, 0.25) is 0 Å². The maximum absolute atomic E-state index is 11.7. The zero-order valence-electron chi connectivity index (χ0n) is 12.7. The van der Waals surface area contributed by atoms with Crippen molar-refractivity contribution in [1.82, 2.24) is 0 Å². The highest BCUT2D eigenvalue weighted by molar-refractivity contribution is 5.94. The number of benzene rings is 1. The van der Waals surface area contributed by atoms with Gasteiger partial charge in [-0.05, 0) is 24.6 Å². The first-order valence-corrected chi connectivity index (χ1v) is 7.31. The number of carbonyl (C=O) groups excluding carboxylic acids is 1. The lowest BCUT2D eigenvalue weighted by atomic mass is 10.1. The first-order valence-electron chi connectivity index (χ1n) is 7.31. The van der Waals surface area contributed by atoms with Crippen LogP contribution < -0.4 is 0 Å². The molecular weight excluding hydrogens is 288 g/mol. The Morgan fingerprint density at radius 3 is 2.32 bits per heavy atom. The number of unbranched alkanes of at least 4 members (excludes halogenated alkanes) is 1. The zero-order valence-corrected chi connectivity index (χ0v) is 12.7. The van der Waals surface area contributed by atoms with E-state index in [0.717, 1.165) is 19.4 Å². The lowest BCUT2D eigenvalue weighted by molar-refractivity contribution is 0.0143. The number of esters is 1. The number of carbonyl (C=O) groups is 2. The Hall–Kier alpha value is -1.92. The van der Waals surface area contributed by atoms with Crippen LogP contribution in [0.3, 0.4) is 0 Å². The number of hydrogen-bond donors (Lipinski definition) is 1. The van der Waals surface area contributed by atoms with Crippen molar-refractivity contribution < 1.29 is 28.9 Å². The molecule has 0 heterocycles. The third-order valence-corrected chi connectivity index (χ3v) is 2.82. The van der Waals surface area contributed by atoms with Crippen LogP contribution in [0.2, 0.25) is 0 Å². The average molecular weight is 310 g/mol. The van der Waals surface area contributed by atoms with E-state index < -0.39 is 11.9 Å². The molecule has 0 radical (unpaired) electrons. The molecule has 1 aromatic carbocycles. The Morgan fingerprint density at radius 1 is 1.00 bits per heavy atom. The van der Waals surface area contributed by atoms with Gasteiger partial charge in [-0.2, -0.15) is 0 Å². The molecule has 6 nitrogen and oxygen atoms in total. The number of hydrogen-bond acceptors (Lipinski definition) is 5. The highest BCUT2D eigenvalue weighted by Crippen LogP contribution is 2.07. The summed E-state index contributed by atoms with van der Waals surface area (Å²) in [5.41, 5.74) is 0.262. The molecule has 0 fully saturated rings. The summed E-state index contributed by atoms with van der Waals surface area (Å²) < 4.78 is 15.6. The molecule has 0 aromatic heterocycles. The van der Waals surface area contributed by atoms with Crippen LogP contribution in [-0.4, -0.2) is 50.1 Å². The standard InChI is InChI=1S/C16H22O6/c1-2-3-7-20-8-9-21-10-11-22-16(19)14-6-4-5-13(12-14)15(17)18/h4-6,12H,2-3,7-11H2,1H3,(H,17,18). The second-order valence-corrected chi connectivity index (χ2v) is 4.60. The SMILES string of the molecule is CCCCOCCOCCOC(=O)c1cccc(C(=O)O)c1. The fourth-order valence-electron chi connectivity index (χ4n) is 1.62. The summed E-state index contributed by atoms with van der Waals surface area (Å²) in [6.07, 6.45) is 2.13. The average Bonchev–Trinajstić information content (AvgIpc) is 2.53. The summed E-state index contributed by atoms with van der Waals surface area (Å²) in [4.78, 5) is 22.5. The number of carboxylic acids is 1. The van der Waals surface area contributed by atoms with Gasteiger partial charge in [0.15, 0.2) is 0 Å². The molecule has 0 bridgehead atoms. The van der Waals surface area contributed by atoms with Gasteiger partial charge in [-0.15, -0.1) is 0 Å². The largest absolute Gasteiger partial charge is 0.478 e. The van der Waals surface area contributed by atoms with E-state index in [4.69, 9.17) is 19.3 Å². The molecule has 0 atom stereocenters. The topological polar surface area (TPSA) is 82.1 Å². The Labute approximate surface area is 130 Å². The van der Waals surface area contributed by atoms with Gasteiger partial charge < -0.3 is 19.3 Å². The minimum absolute atomic E-state index is 0.0509. The van der Waals surface area contributed by atoms with Crippen LogP contribution in [0.5, 0.6) is 0 Å². The quantitative estimate of drug-likeness (QED) is 0.499. The van der Waals surface area contributed by atoms with Crippen molar-refractivity contribution >= 4 is 11.9 Å². The highest BCUT2D eigenvalue weighted by Gasteiger charge is 2.10. The monoisotopic (exact) mass is 310 g/mol. The number of rotatable bonds is 11. The molecule has 0 aliphatic carbocycles. The molecular formula is C16H22O6. The van der Waals surface area contributed by atoms with E-state index in [1.807, 2.05) is 0 Å². The van der Waals surface area contributed by atoms with Gasteiger partial charge in [0.05, 0.1) is 30.9 Å². The van der Waals surface area contributed by atoms with Crippen molar-refractivity contribution in [1.29, 1.82) is 0 Å². The summed E-state index contributed by atoms with van der Waals surface area (Å²) in [7, 11) is 0. The maximum Gasteiger partial charge on any atom is 0.338 e. The van der Waals surface area contributed by atoms with Gasteiger partial charge in [0, 0.05) is 6.61 Å². The van der Waals surface area contributed by atoms with Crippen LogP contribution in [0.4, 0.5) is 0 Å². The van der Waals surface area contributed by atoms with E-state index >= 15 is 0 Å². The second kappa shape index (κ2) is 10.8. The van der Waals surface area contributed by atoms with Crippen LogP contribution in [0.1, 0.15) is 40.5 Å². The van der Waals surface area contributed by atoms with Crippen molar-refractivity contribution in [3.05, 3.63) is 35.4 Å². The lowest BCUT2D eigenvalue weighted by Gasteiger charge is -2.07. The number of carboxylic acid groups (broad SMARTS) is 1. The lowest BCUT2D eigenvalue weighted by Crippen LogP contribution is -2.13. The number of aromatic carboxylic acids is 1. The van der Waals surface area contributed by atoms with Crippen molar-refractivity contribution in [2.24, 2.45) is 0 Å². The summed E-state index contributed by atoms with van der Waals surface area (Å²) in [5.74, 6) is -1.65. The molecule has 0 saturated carbocycles. The van der Waals surface area contributed by atoms with Gasteiger partial charge in [-0.1, -0.05) is 19.4 Å². The molecule has 0 aliphatic heterocycles. The molecule has 0 amide bonds. The third kappa shape index (κ3) is 7.19. The van der Waals surface area contributed by atoms with Gasteiger partial charge in [0.25, 0.3) is 0 Å². The molecule has 1 aromatic rings. The predicted molar refractivity (Wildman–Crippen MR) is 80.2 cm³/mol. The summed E-state index contributed by atoms with van der Waals surface area (Å²) in [5, 5.41) is 8.86. The number of ether oxygens (including phenoxy) is 3. The third-order valence-electron chi connectivity index (χ3n) is 2.82. The molecule has 22 heavy (non-hydrogen) atoms. The normalized spacial score (nSPS) is 10.4. The van der Waals surface area contributed by atoms with Crippen molar-refractivity contribution in [3.8, 4) is 0 Å². The minimum atomic E-state index is -1.08. The predicted octanol–water partition coefficient (Wildman–Crippen LogP) is 2.37. The summed E-state index contributed by atoms with van der Waals surface area (Å²) in [6.45, 7) is 4.20. The van der Waals surface area contributed by atoms with Crippen LogP contribution in [0, 0.1) is 0 Å². The minimum Gasteiger partial charge on any atom is -0.478 e. The fraction of sp³-hybridized carbons (Fsp3) is 0.500. The summed E-state index contributed by atoms with van der Waals surface area (Å²) >= 11 is 0. The van der Waals surface area contributed by atoms with E-state index in [1.54, 1.807) is 0 Å². The Kier molecular flexibility index (Phi) is 8.86. The van der Waals surface area contributed by atoms with Gasteiger partial charge >= 0.3 is 11.9 Å². The van der Waals surface area contributed by atoms with E-state index in [1.165, 1.54) is 24.3 Å². The Bertz CT molecular complexity index is 471. The molecule has 0 aliphatic rings. The van der Waals surface area contributed by atoms with Crippen LogP contribution in [0.25, 0.3) is 0 Å². The van der Waals surface area contributed by atoms with Crippen molar-refractivity contribution in [2.75, 3.05) is 33.0 Å². The van der Waals surface area contributed by atoms with E-state index in [2.05, 4.69) is 6.92 Å². The molecule has 0 spiro atoms. The maximum atomic E-state index is 11.7. The van der Waals surface area contributed by atoms with E-state index in [9.17, 15) is 9.59 Å². The molecule has 1 rings (SSSR count). The van der Waals surface area contributed by atoms with E-state index in [-0.39, 0.29) is 24.3 Å². The van der Waals surface area contributed by atoms with Gasteiger partial charge in [-0.3, -0.25) is 0 Å². The van der Waals surface area contributed by atoms with Gasteiger partial charge in [-0.25, -0.2) is 9.59 Å². The Balaban J connectivity index is 2.16. The second-order valence-electron chi connectivity index (χ2n) is 4.60.